The predicted molar refractivity (Wildman–Crippen MR) is 129 cm³/mol. The van der Waals surface area contributed by atoms with Crippen LogP contribution in [0.3, 0.4) is 0 Å². The van der Waals surface area contributed by atoms with E-state index >= 15 is 0 Å². The van der Waals surface area contributed by atoms with Crippen molar-refractivity contribution in [2.45, 2.75) is 75.4 Å². The molecule has 7 nitrogen and oxygen atoms in total. The van der Waals surface area contributed by atoms with Crippen LogP contribution in [0.4, 0.5) is 0 Å². The van der Waals surface area contributed by atoms with E-state index in [1.165, 1.54) is 0 Å². The Labute approximate surface area is 198 Å². The van der Waals surface area contributed by atoms with Crippen LogP contribution in [-0.2, 0) is 20.7 Å². The number of nitrogens with zero attached hydrogens (tertiary/aromatic N) is 2. The van der Waals surface area contributed by atoms with Gasteiger partial charge in [-0.05, 0) is 44.1 Å². The molecule has 2 heterocycles. The van der Waals surface area contributed by atoms with Gasteiger partial charge in [0.15, 0.2) is 0 Å². The minimum absolute atomic E-state index is 0.0570. The van der Waals surface area contributed by atoms with Crippen molar-refractivity contribution in [1.29, 1.82) is 0 Å². The number of amides is 2. The number of carbonyl (C=O) groups is 2. The van der Waals surface area contributed by atoms with Crippen LogP contribution in [0.25, 0.3) is 0 Å². The number of carbonyl (C=O) groups excluding carboxylic acids is 2. The molecule has 0 aromatic heterocycles. The molecule has 3 aliphatic rings. The minimum Gasteiger partial charge on any atom is -0.381 e. The van der Waals surface area contributed by atoms with E-state index in [9.17, 15) is 9.59 Å². The molecule has 1 unspecified atom stereocenters. The Bertz CT molecular complexity index is 767. The Kier molecular flexibility index (Phi) is 8.39. The molecule has 0 bridgehead atoms. The zero-order valence-corrected chi connectivity index (χ0v) is 19.8. The number of nitrogens with one attached hydrogen (secondary N) is 1. The smallest absolute Gasteiger partial charge is 0.240 e. The quantitative estimate of drug-likeness (QED) is 0.625. The Morgan fingerprint density at radius 1 is 1.06 bits per heavy atom. The molecule has 1 aromatic carbocycles. The molecule has 1 atom stereocenters. The third kappa shape index (κ3) is 6.55. The highest BCUT2D eigenvalue weighted by Gasteiger charge is 2.38. The molecular weight excluding hydrogens is 416 g/mol. The van der Waals surface area contributed by atoms with Crippen molar-refractivity contribution in [2.24, 2.45) is 5.73 Å². The minimum atomic E-state index is -0.751. The maximum atomic E-state index is 13.0. The average Bonchev–Trinajstić information content (AvgIpc) is 3.31. The maximum Gasteiger partial charge on any atom is 0.240 e. The fourth-order valence-electron chi connectivity index (χ4n) is 5.53. The van der Waals surface area contributed by atoms with Gasteiger partial charge in [-0.25, -0.2) is 0 Å². The van der Waals surface area contributed by atoms with Gasteiger partial charge in [-0.1, -0.05) is 43.2 Å². The van der Waals surface area contributed by atoms with E-state index in [1.54, 1.807) is 0 Å². The van der Waals surface area contributed by atoms with E-state index in [0.717, 1.165) is 83.5 Å². The van der Waals surface area contributed by atoms with Crippen LogP contribution < -0.4 is 11.1 Å². The summed E-state index contributed by atoms with van der Waals surface area (Å²) in [7, 11) is 0. The van der Waals surface area contributed by atoms with Crippen molar-refractivity contribution < 1.29 is 14.3 Å². The maximum absolute atomic E-state index is 13.0. The average molecular weight is 457 g/mol. The van der Waals surface area contributed by atoms with Crippen LogP contribution in [0.2, 0.25) is 0 Å². The van der Waals surface area contributed by atoms with Gasteiger partial charge in [-0.2, -0.15) is 0 Å². The number of hydrogen-bond donors (Lipinski definition) is 2. The molecule has 1 aliphatic carbocycles. The number of benzene rings is 1. The molecule has 4 rings (SSSR count). The van der Waals surface area contributed by atoms with Crippen LogP contribution in [0, 0.1) is 0 Å². The van der Waals surface area contributed by atoms with E-state index in [-0.39, 0.29) is 17.9 Å². The first-order valence-electron chi connectivity index (χ1n) is 12.8. The van der Waals surface area contributed by atoms with E-state index < -0.39 is 5.54 Å². The topological polar surface area (TPSA) is 87.9 Å². The summed E-state index contributed by atoms with van der Waals surface area (Å²) in [5.41, 5.74) is 6.81. The monoisotopic (exact) mass is 456 g/mol. The largest absolute Gasteiger partial charge is 0.381 e. The number of piperazine rings is 1. The van der Waals surface area contributed by atoms with E-state index in [4.69, 9.17) is 10.5 Å². The van der Waals surface area contributed by atoms with Gasteiger partial charge in [0, 0.05) is 57.9 Å². The zero-order valence-electron chi connectivity index (χ0n) is 19.8. The van der Waals surface area contributed by atoms with Crippen molar-refractivity contribution >= 4 is 11.8 Å². The van der Waals surface area contributed by atoms with Crippen LogP contribution >= 0.6 is 0 Å². The normalized spacial score (nSPS) is 22.8. The summed E-state index contributed by atoms with van der Waals surface area (Å²) >= 11 is 0. The molecule has 182 valence electrons. The van der Waals surface area contributed by atoms with Gasteiger partial charge in [0.25, 0.3) is 0 Å². The van der Waals surface area contributed by atoms with E-state index in [1.807, 2.05) is 23.1 Å². The summed E-state index contributed by atoms with van der Waals surface area (Å²) in [5.74, 6) is 0.135. The van der Waals surface area contributed by atoms with Crippen LogP contribution in [-0.4, -0.2) is 78.6 Å². The van der Waals surface area contributed by atoms with Gasteiger partial charge in [-0.15, -0.1) is 0 Å². The lowest BCUT2D eigenvalue weighted by Crippen LogP contribution is -2.55. The standard InChI is InChI=1S/C26H40N4O3/c27-26(12-4-5-13-26)25(32)28-22(20-21-6-2-1-3-7-21)8-9-24(31)30-16-14-29(15-17-30)23-10-18-33-19-11-23/h1-3,6-7,22-23H,4-5,8-20,27H2,(H,28,32). The molecule has 7 heteroatoms. The van der Waals surface area contributed by atoms with E-state index in [2.05, 4.69) is 22.3 Å². The Morgan fingerprint density at radius 2 is 1.73 bits per heavy atom. The zero-order chi connectivity index (χ0) is 23.1. The van der Waals surface area contributed by atoms with Crippen molar-refractivity contribution in [2.75, 3.05) is 39.4 Å². The van der Waals surface area contributed by atoms with Crippen molar-refractivity contribution in [3.05, 3.63) is 35.9 Å². The van der Waals surface area contributed by atoms with Crippen molar-refractivity contribution in [3.8, 4) is 0 Å². The molecule has 3 fully saturated rings. The summed E-state index contributed by atoms with van der Waals surface area (Å²) in [6, 6.07) is 10.7. The van der Waals surface area contributed by atoms with Crippen LogP contribution in [0.15, 0.2) is 30.3 Å². The molecule has 1 aromatic rings. The molecule has 1 saturated carbocycles. The second kappa shape index (κ2) is 11.4. The van der Waals surface area contributed by atoms with Gasteiger partial charge in [0.2, 0.25) is 11.8 Å². The third-order valence-electron chi connectivity index (χ3n) is 7.69. The first-order valence-corrected chi connectivity index (χ1v) is 12.8. The molecule has 2 saturated heterocycles. The molecule has 33 heavy (non-hydrogen) atoms. The Hall–Kier alpha value is -1.96. The second-order valence-corrected chi connectivity index (χ2v) is 10.0. The highest BCUT2D eigenvalue weighted by atomic mass is 16.5. The summed E-state index contributed by atoms with van der Waals surface area (Å²) in [6.07, 6.45) is 7.49. The van der Waals surface area contributed by atoms with Crippen LogP contribution in [0.1, 0.15) is 56.9 Å². The van der Waals surface area contributed by atoms with Gasteiger partial charge in [0.1, 0.15) is 0 Å². The lowest BCUT2D eigenvalue weighted by atomic mass is 9.95. The highest BCUT2D eigenvalue weighted by Crippen LogP contribution is 2.27. The molecular formula is C26H40N4O3. The predicted octanol–water partition coefficient (Wildman–Crippen LogP) is 2.09. The van der Waals surface area contributed by atoms with Crippen molar-refractivity contribution in [1.82, 2.24) is 15.1 Å². The fourth-order valence-corrected chi connectivity index (χ4v) is 5.53. The third-order valence-corrected chi connectivity index (χ3v) is 7.69. The fraction of sp³-hybridized carbons (Fsp3) is 0.692. The first kappa shape index (κ1) is 24.2. The summed E-state index contributed by atoms with van der Waals surface area (Å²) < 4.78 is 5.48. The lowest BCUT2D eigenvalue weighted by molar-refractivity contribution is -0.134. The number of rotatable bonds is 8. The van der Waals surface area contributed by atoms with Gasteiger partial charge >= 0.3 is 0 Å². The van der Waals surface area contributed by atoms with Gasteiger partial charge < -0.3 is 20.7 Å². The molecule has 0 spiro atoms. The van der Waals surface area contributed by atoms with E-state index in [0.29, 0.717) is 25.3 Å². The first-order chi connectivity index (χ1) is 16.0. The second-order valence-electron chi connectivity index (χ2n) is 10.0. The summed E-state index contributed by atoms with van der Waals surface area (Å²) in [4.78, 5) is 30.5. The SMILES string of the molecule is NC1(C(=O)NC(CCC(=O)N2CCN(C3CCOCC3)CC2)Cc2ccccc2)CCCC1. The summed E-state index contributed by atoms with van der Waals surface area (Å²) in [5, 5.41) is 3.20. The molecule has 0 radical (unpaired) electrons. The van der Waals surface area contributed by atoms with Gasteiger partial charge in [0.05, 0.1) is 5.54 Å². The molecule has 2 amide bonds. The highest BCUT2D eigenvalue weighted by molar-refractivity contribution is 5.86. The lowest BCUT2D eigenvalue weighted by Gasteiger charge is -2.40. The molecule has 3 N–H and O–H groups in total. The van der Waals surface area contributed by atoms with Crippen molar-refractivity contribution in [3.63, 3.8) is 0 Å². The Balaban J connectivity index is 1.29. The number of ether oxygens (including phenoxy) is 1. The Morgan fingerprint density at radius 3 is 2.39 bits per heavy atom. The summed E-state index contributed by atoms with van der Waals surface area (Å²) in [6.45, 7) is 5.16. The molecule has 2 aliphatic heterocycles. The van der Waals surface area contributed by atoms with Crippen LogP contribution in [0.5, 0.6) is 0 Å². The number of nitrogens with two attached hydrogens (primary N) is 1. The number of hydrogen-bond acceptors (Lipinski definition) is 5. The van der Waals surface area contributed by atoms with Gasteiger partial charge in [-0.3, -0.25) is 14.5 Å².